The van der Waals surface area contributed by atoms with Crippen molar-refractivity contribution in [1.29, 1.82) is 0 Å². The number of hydrogen-bond acceptors (Lipinski definition) is 5. The van der Waals surface area contributed by atoms with Gasteiger partial charge in [-0.25, -0.2) is 9.78 Å². The third-order valence-corrected chi connectivity index (χ3v) is 4.93. The molecule has 0 unspecified atom stereocenters. The molecule has 0 spiro atoms. The van der Waals surface area contributed by atoms with Crippen molar-refractivity contribution >= 4 is 50.0 Å². The smallest absolute Gasteiger partial charge is 0.321 e. The number of anilines is 1. The van der Waals surface area contributed by atoms with E-state index in [0.717, 1.165) is 20.6 Å². The van der Waals surface area contributed by atoms with Crippen LogP contribution < -0.4 is 10.6 Å². The lowest BCUT2D eigenvalue weighted by atomic mass is 10.4. The van der Waals surface area contributed by atoms with Gasteiger partial charge in [0.25, 0.3) is 0 Å². The van der Waals surface area contributed by atoms with Gasteiger partial charge in [0.1, 0.15) is 0 Å². The van der Waals surface area contributed by atoms with Crippen LogP contribution in [0.5, 0.6) is 0 Å². The van der Waals surface area contributed by atoms with Crippen LogP contribution in [0.25, 0.3) is 0 Å². The number of urea groups is 1. The van der Waals surface area contributed by atoms with Crippen LogP contribution in [0.3, 0.4) is 0 Å². The van der Waals surface area contributed by atoms with E-state index in [1.54, 1.807) is 12.4 Å². The Kier molecular flexibility index (Phi) is 4.67. The highest BCUT2D eigenvalue weighted by atomic mass is 79.9. The summed E-state index contributed by atoms with van der Waals surface area (Å²) in [7, 11) is 0. The van der Waals surface area contributed by atoms with Gasteiger partial charge in [-0.2, -0.15) is 4.37 Å². The molecule has 0 aliphatic carbocycles. The fourth-order valence-corrected chi connectivity index (χ4v) is 3.10. The van der Waals surface area contributed by atoms with E-state index in [1.807, 2.05) is 0 Å². The third kappa shape index (κ3) is 3.50. The van der Waals surface area contributed by atoms with Crippen LogP contribution in [0.4, 0.5) is 9.93 Å². The molecule has 0 aliphatic rings. The van der Waals surface area contributed by atoms with Crippen molar-refractivity contribution in [3.63, 3.8) is 0 Å². The lowest BCUT2D eigenvalue weighted by Gasteiger charge is -2.03. The molecule has 0 bridgehead atoms. The zero-order chi connectivity index (χ0) is 13.0. The molecule has 2 N–H and O–H groups in total. The number of aryl methyl sites for hydroxylation is 1. The number of rotatable bonds is 4. The topological polar surface area (TPSA) is 66.9 Å². The highest BCUT2D eigenvalue weighted by Crippen LogP contribution is 2.20. The number of halogens is 1. The SMILES string of the molecule is CCc1cnc(NC(=O)NCc2sncc2Br)s1. The highest BCUT2D eigenvalue weighted by molar-refractivity contribution is 9.10. The van der Waals surface area contributed by atoms with Gasteiger partial charge in [0.2, 0.25) is 0 Å². The molecule has 5 nitrogen and oxygen atoms in total. The second-order valence-corrected chi connectivity index (χ2v) is 6.25. The number of nitrogens with one attached hydrogen (secondary N) is 2. The largest absolute Gasteiger partial charge is 0.333 e. The van der Waals surface area contributed by atoms with E-state index in [-0.39, 0.29) is 6.03 Å². The predicted octanol–water partition coefficient (Wildman–Crippen LogP) is 3.25. The Morgan fingerprint density at radius 3 is 2.94 bits per heavy atom. The van der Waals surface area contributed by atoms with Crippen molar-refractivity contribution in [2.24, 2.45) is 0 Å². The zero-order valence-electron chi connectivity index (χ0n) is 9.57. The molecule has 2 heterocycles. The molecule has 2 rings (SSSR count). The molecule has 0 aromatic carbocycles. The van der Waals surface area contributed by atoms with E-state index in [1.165, 1.54) is 22.9 Å². The van der Waals surface area contributed by atoms with Crippen molar-refractivity contribution in [2.45, 2.75) is 19.9 Å². The minimum Gasteiger partial charge on any atom is -0.333 e. The summed E-state index contributed by atoms with van der Waals surface area (Å²) in [5.41, 5.74) is 0. The summed E-state index contributed by atoms with van der Waals surface area (Å²) in [6.45, 7) is 2.50. The summed E-state index contributed by atoms with van der Waals surface area (Å²) in [6, 6.07) is -0.257. The average molecular weight is 347 g/mol. The van der Waals surface area contributed by atoms with Crippen LogP contribution in [0.2, 0.25) is 0 Å². The van der Waals surface area contributed by atoms with Crippen molar-refractivity contribution in [2.75, 3.05) is 5.32 Å². The van der Waals surface area contributed by atoms with Gasteiger partial charge in [0.15, 0.2) is 5.13 Å². The van der Waals surface area contributed by atoms with Gasteiger partial charge in [-0.15, -0.1) is 11.3 Å². The van der Waals surface area contributed by atoms with Crippen LogP contribution in [0, 0.1) is 0 Å². The molecular weight excluding hydrogens is 336 g/mol. The van der Waals surface area contributed by atoms with E-state index >= 15 is 0 Å². The quantitative estimate of drug-likeness (QED) is 0.892. The monoisotopic (exact) mass is 346 g/mol. The molecule has 0 fully saturated rings. The summed E-state index contributed by atoms with van der Waals surface area (Å²) in [4.78, 5) is 17.9. The molecular formula is C10H11BrN4OS2. The Morgan fingerprint density at radius 1 is 1.50 bits per heavy atom. The maximum absolute atomic E-state index is 11.6. The third-order valence-electron chi connectivity index (χ3n) is 2.13. The van der Waals surface area contributed by atoms with E-state index in [2.05, 4.69) is 42.8 Å². The number of nitrogens with zero attached hydrogens (tertiary/aromatic N) is 2. The number of carbonyl (C=O) groups is 1. The number of aromatic nitrogens is 2. The molecule has 0 radical (unpaired) electrons. The minimum atomic E-state index is -0.257. The second kappa shape index (κ2) is 6.26. The number of carbonyl (C=O) groups excluding carboxylic acids is 1. The summed E-state index contributed by atoms with van der Waals surface area (Å²) in [6.07, 6.45) is 4.42. The van der Waals surface area contributed by atoms with Crippen LogP contribution in [0.1, 0.15) is 16.7 Å². The van der Waals surface area contributed by atoms with E-state index in [9.17, 15) is 4.79 Å². The molecule has 8 heteroatoms. The Labute approximate surface area is 121 Å². The molecule has 2 amide bonds. The van der Waals surface area contributed by atoms with Crippen LogP contribution in [-0.2, 0) is 13.0 Å². The number of thiazole rings is 1. The van der Waals surface area contributed by atoms with Gasteiger partial charge < -0.3 is 5.32 Å². The van der Waals surface area contributed by atoms with Crippen LogP contribution in [-0.4, -0.2) is 15.4 Å². The van der Waals surface area contributed by atoms with E-state index in [0.29, 0.717) is 11.7 Å². The van der Waals surface area contributed by atoms with E-state index in [4.69, 9.17) is 0 Å². The van der Waals surface area contributed by atoms with Crippen molar-refractivity contribution in [3.05, 3.63) is 26.6 Å². The summed E-state index contributed by atoms with van der Waals surface area (Å²) in [5, 5.41) is 6.08. The minimum absolute atomic E-state index is 0.257. The zero-order valence-corrected chi connectivity index (χ0v) is 12.8. The lowest BCUT2D eigenvalue weighted by Crippen LogP contribution is -2.27. The van der Waals surface area contributed by atoms with Gasteiger partial charge in [-0.3, -0.25) is 5.32 Å². The average Bonchev–Trinajstić information content (AvgIpc) is 2.96. The van der Waals surface area contributed by atoms with Crippen LogP contribution >= 0.6 is 38.8 Å². The Balaban J connectivity index is 1.84. The first-order chi connectivity index (χ1) is 8.69. The summed E-state index contributed by atoms with van der Waals surface area (Å²) < 4.78 is 4.92. The normalized spacial score (nSPS) is 10.3. The van der Waals surface area contributed by atoms with E-state index < -0.39 is 0 Å². The molecule has 0 atom stereocenters. The Hall–Kier alpha value is -0.990. The standard InChI is InChI=1S/C10H11BrN4OS2/c1-2-6-3-13-10(17-6)15-9(16)12-5-8-7(11)4-14-18-8/h3-4H,2,5H2,1H3,(H2,12,13,15,16). The summed E-state index contributed by atoms with van der Waals surface area (Å²) in [5.74, 6) is 0. The van der Waals surface area contributed by atoms with Gasteiger partial charge in [0.05, 0.1) is 22.1 Å². The molecule has 0 saturated heterocycles. The van der Waals surface area contributed by atoms with Gasteiger partial charge in [-0.05, 0) is 33.9 Å². The first-order valence-electron chi connectivity index (χ1n) is 5.27. The fourth-order valence-electron chi connectivity index (χ4n) is 1.20. The number of amides is 2. The number of hydrogen-bond donors (Lipinski definition) is 2. The maximum atomic E-state index is 11.6. The second-order valence-electron chi connectivity index (χ2n) is 3.39. The molecule has 2 aromatic heterocycles. The van der Waals surface area contributed by atoms with Gasteiger partial charge in [-0.1, -0.05) is 6.92 Å². The maximum Gasteiger partial charge on any atom is 0.321 e. The predicted molar refractivity (Wildman–Crippen MR) is 77.2 cm³/mol. The molecule has 2 aromatic rings. The molecule has 18 heavy (non-hydrogen) atoms. The first-order valence-corrected chi connectivity index (χ1v) is 7.66. The Morgan fingerprint density at radius 2 is 2.33 bits per heavy atom. The lowest BCUT2D eigenvalue weighted by molar-refractivity contribution is 0.252. The van der Waals surface area contributed by atoms with Crippen LogP contribution in [0.15, 0.2) is 16.9 Å². The first kappa shape index (κ1) is 13.4. The fraction of sp³-hybridized carbons (Fsp3) is 0.300. The molecule has 96 valence electrons. The summed E-state index contributed by atoms with van der Waals surface area (Å²) >= 11 is 6.20. The molecule has 0 aliphatic heterocycles. The molecule has 0 saturated carbocycles. The van der Waals surface area contributed by atoms with Crippen molar-refractivity contribution < 1.29 is 4.79 Å². The van der Waals surface area contributed by atoms with Gasteiger partial charge in [0, 0.05) is 11.1 Å². The Bertz CT molecular complexity index is 539. The van der Waals surface area contributed by atoms with Gasteiger partial charge >= 0.3 is 6.03 Å². The van der Waals surface area contributed by atoms with Crippen molar-refractivity contribution in [3.8, 4) is 0 Å². The highest BCUT2D eigenvalue weighted by Gasteiger charge is 2.07. The van der Waals surface area contributed by atoms with Crippen molar-refractivity contribution in [1.82, 2.24) is 14.7 Å².